The van der Waals surface area contributed by atoms with Crippen LogP contribution in [0.4, 0.5) is 11.4 Å². The molecule has 0 amide bonds. The van der Waals surface area contributed by atoms with Crippen molar-refractivity contribution in [3.63, 3.8) is 0 Å². The lowest BCUT2D eigenvalue weighted by molar-refractivity contribution is -0.385. The molecule has 30 heavy (non-hydrogen) atoms. The van der Waals surface area contributed by atoms with Crippen LogP contribution in [0.5, 0.6) is 5.75 Å². The maximum absolute atomic E-state index is 13.3. The number of nitrogens with zero attached hydrogens (tertiary/aromatic N) is 1. The first-order valence-electron chi connectivity index (χ1n) is 9.64. The molecule has 0 aromatic heterocycles. The van der Waals surface area contributed by atoms with Crippen LogP contribution < -0.4 is 5.32 Å². The zero-order valence-electron chi connectivity index (χ0n) is 16.1. The number of hydrogen-bond donors (Lipinski definition) is 2. The second kappa shape index (κ2) is 8.21. The fourth-order valence-corrected chi connectivity index (χ4v) is 3.80. The first kappa shape index (κ1) is 19.4. The molecule has 0 bridgehead atoms. The second-order valence-corrected chi connectivity index (χ2v) is 7.13. The van der Waals surface area contributed by atoms with Gasteiger partial charge in [0.25, 0.3) is 0 Å². The van der Waals surface area contributed by atoms with Gasteiger partial charge in [-0.25, -0.2) is 0 Å². The summed E-state index contributed by atoms with van der Waals surface area (Å²) in [7, 11) is 0. The molecule has 6 nitrogen and oxygen atoms in total. The van der Waals surface area contributed by atoms with Crippen molar-refractivity contribution in [1.82, 2.24) is 0 Å². The van der Waals surface area contributed by atoms with Crippen LogP contribution in [0.15, 0.2) is 66.7 Å². The van der Waals surface area contributed by atoms with Gasteiger partial charge in [-0.15, -0.1) is 0 Å². The Bertz CT molecular complexity index is 1100. The number of phenolic OH excluding ortho intramolecular Hbond substituents is 1. The molecule has 0 aliphatic heterocycles. The number of phenols is 1. The van der Waals surface area contributed by atoms with Gasteiger partial charge in [-0.05, 0) is 34.4 Å². The summed E-state index contributed by atoms with van der Waals surface area (Å²) >= 11 is 0. The molecule has 0 heterocycles. The molecule has 6 heteroatoms. The molecule has 0 saturated carbocycles. The average Bonchev–Trinajstić information content (AvgIpc) is 2.91. The van der Waals surface area contributed by atoms with Gasteiger partial charge in [0.15, 0.2) is 5.75 Å². The Labute approximate surface area is 173 Å². The Kier molecular flexibility index (Phi) is 5.30. The van der Waals surface area contributed by atoms with E-state index >= 15 is 0 Å². The van der Waals surface area contributed by atoms with Crippen LogP contribution in [0.25, 0.3) is 12.2 Å². The molecular weight excluding hydrogens is 380 g/mol. The third-order valence-corrected chi connectivity index (χ3v) is 5.25. The number of nitro benzene ring substituents is 1. The standard InChI is InChI=1S/C24H20N2O4/c27-22-12-11-18(15-21(22)26(29)30)25-14-13-23(28)24-19-7-3-1-5-16(19)9-10-17-6-2-4-8-20(17)24/h1-12,15,24-25,27H,13-14H2. The minimum atomic E-state index is -0.641. The Morgan fingerprint density at radius 3 is 2.17 bits per heavy atom. The molecule has 1 aliphatic rings. The lowest BCUT2D eigenvalue weighted by atomic mass is 9.83. The summed E-state index contributed by atoms with van der Waals surface area (Å²) in [6, 6.07) is 19.9. The number of nitrogens with one attached hydrogen (secondary N) is 1. The Hall–Kier alpha value is -3.93. The normalized spacial score (nSPS) is 12.5. The van der Waals surface area contributed by atoms with Crippen molar-refractivity contribution in [3.05, 3.63) is 99.1 Å². The SMILES string of the molecule is O=C(CCNc1ccc(O)c([N+](=O)[O-])c1)C1c2ccccc2C=Cc2ccccc21. The van der Waals surface area contributed by atoms with E-state index in [4.69, 9.17) is 0 Å². The van der Waals surface area contributed by atoms with Crippen molar-refractivity contribution in [3.8, 4) is 5.75 Å². The van der Waals surface area contributed by atoms with Crippen molar-refractivity contribution in [1.29, 1.82) is 0 Å². The monoisotopic (exact) mass is 400 g/mol. The average molecular weight is 400 g/mol. The molecule has 2 N–H and O–H groups in total. The zero-order valence-corrected chi connectivity index (χ0v) is 16.1. The number of Topliss-reactive ketones (excluding diaryl/α,β-unsaturated/α-hetero) is 1. The van der Waals surface area contributed by atoms with Gasteiger partial charge < -0.3 is 10.4 Å². The predicted octanol–water partition coefficient (Wildman–Crippen LogP) is 4.99. The van der Waals surface area contributed by atoms with E-state index in [2.05, 4.69) is 5.32 Å². The third-order valence-electron chi connectivity index (χ3n) is 5.25. The molecule has 3 aromatic carbocycles. The van der Waals surface area contributed by atoms with Gasteiger partial charge in [-0.2, -0.15) is 0 Å². The molecule has 150 valence electrons. The van der Waals surface area contributed by atoms with Crippen LogP contribution in [0.2, 0.25) is 0 Å². The lowest BCUT2D eigenvalue weighted by Gasteiger charge is -2.19. The van der Waals surface area contributed by atoms with Crippen molar-refractivity contribution >= 4 is 29.3 Å². The number of anilines is 1. The summed E-state index contributed by atoms with van der Waals surface area (Å²) in [5.41, 5.74) is 4.11. The van der Waals surface area contributed by atoms with Crippen molar-refractivity contribution in [2.24, 2.45) is 0 Å². The number of rotatable bonds is 6. The van der Waals surface area contributed by atoms with E-state index in [0.717, 1.165) is 22.3 Å². The summed E-state index contributed by atoms with van der Waals surface area (Å²) < 4.78 is 0. The van der Waals surface area contributed by atoms with Gasteiger partial charge in [0.2, 0.25) is 0 Å². The number of carbonyl (C=O) groups is 1. The van der Waals surface area contributed by atoms with Crippen molar-refractivity contribution in [2.75, 3.05) is 11.9 Å². The minimum Gasteiger partial charge on any atom is -0.502 e. The highest BCUT2D eigenvalue weighted by Gasteiger charge is 2.27. The number of fused-ring (bicyclic) bond motifs is 2. The predicted molar refractivity (Wildman–Crippen MR) is 117 cm³/mol. The molecule has 0 atom stereocenters. The van der Waals surface area contributed by atoms with E-state index in [1.54, 1.807) is 6.07 Å². The fraction of sp³-hybridized carbons (Fsp3) is 0.125. The molecule has 0 radical (unpaired) electrons. The van der Waals surface area contributed by atoms with Crippen molar-refractivity contribution < 1.29 is 14.8 Å². The van der Waals surface area contributed by atoms with Gasteiger partial charge >= 0.3 is 5.69 Å². The topological polar surface area (TPSA) is 92.5 Å². The summed E-state index contributed by atoms with van der Waals surface area (Å²) in [4.78, 5) is 23.6. The smallest absolute Gasteiger partial charge is 0.312 e. The molecule has 4 rings (SSSR count). The minimum absolute atomic E-state index is 0.0689. The zero-order chi connectivity index (χ0) is 21.1. The maximum atomic E-state index is 13.3. The highest BCUT2D eigenvalue weighted by Crippen LogP contribution is 2.36. The maximum Gasteiger partial charge on any atom is 0.312 e. The molecule has 0 unspecified atom stereocenters. The summed E-state index contributed by atoms with van der Waals surface area (Å²) in [5, 5.41) is 23.6. The van der Waals surface area contributed by atoms with Gasteiger partial charge in [0, 0.05) is 24.7 Å². The fourth-order valence-electron chi connectivity index (χ4n) is 3.80. The molecule has 0 spiro atoms. The van der Waals surface area contributed by atoms with E-state index in [-0.39, 0.29) is 29.6 Å². The quantitative estimate of drug-likeness (QED) is 0.346. The van der Waals surface area contributed by atoms with E-state index in [9.17, 15) is 20.0 Å². The molecule has 0 saturated heterocycles. The summed E-state index contributed by atoms with van der Waals surface area (Å²) in [5.74, 6) is -0.691. The molecule has 0 fully saturated rings. The van der Waals surface area contributed by atoms with E-state index in [1.807, 2.05) is 60.7 Å². The second-order valence-electron chi connectivity index (χ2n) is 7.13. The largest absolute Gasteiger partial charge is 0.502 e. The lowest BCUT2D eigenvalue weighted by Crippen LogP contribution is -2.19. The number of ketones is 1. The van der Waals surface area contributed by atoms with Gasteiger partial charge in [0.1, 0.15) is 5.78 Å². The first-order chi connectivity index (χ1) is 14.5. The Morgan fingerprint density at radius 2 is 1.57 bits per heavy atom. The Balaban J connectivity index is 1.55. The molecule has 1 aliphatic carbocycles. The molecular formula is C24H20N2O4. The van der Waals surface area contributed by atoms with Crippen LogP contribution in [0.1, 0.15) is 34.6 Å². The summed E-state index contributed by atoms with van der Waals surface area (Å²) in [6.07, 6.45) is 4.33. The highest BCUT2D eigenvalue weighted by atomic mass is 16.6. The molecule has 3 aromatic rings. The van der Waals surface area contributed by atoms with Crippen LogP contribution >= 0.6 is 0 Å². The summed E-state index contributed by atoms with van der Waals surface area (Å²) in [6.45, 7) is 0.328. The number of nitro groups is 1. The third kappa shape index (κ3) is 3.80. The van der Waals surface area contributed by atoms with Crippen LogP contribution in [0, 0.1) is 10.1 Å². The number of carbonyl (C=O) groups excluding carboxylic acids is 1. The van der Waals surface area contributed by atoms with E-state index in [1.165, 1.54) is 12.1 Å². The number of benzene rings is 3. The van der Waals surface area contributed by atoms with Crippen LogP contribution in [-0.2, 0) is 4.79 Å². The number of aromatic hydroxyl groups is 1. The van der Waals surface area contributed by atoms with Gasteiger partial charge in [-0.1, -0.05) is 60.7 Å². The first-order valence-corrected chi connectivity index (χ1v) is 9.64. The van der Waals surface area contributed by atoms with E-state index < -0.39 is 4.92 Å². The van der Waals surface area contributed by atoms with Crippen LogP contribution in [-0.4, -0.2) is 22.4 Å². The van der Waals surface area contributed by atoms with Crippen LogP contribution in [0.3, 0.4) is 0 Å². The van der Waals surface area contributed by atoms with Gasteiger partial charge in [-0.3, -0.25) is 14.9 Å². The van der Waals surface area contributed by atoms with Crippen molar-refractivity contribution in [2.45, 2.75) is 12.3 Å². The Morgan fingerprint density at radius 1 is 0.967 bits per heavy atom. The van der Waals surface area contributed by atoms with E-state index in [0.29, 0.717) is 12.2 Å². The van der Waals surface area contributed by atoms with Gasteiger partial charge in [0.05, 0.1) is 10.8 Å². The number of hydrogen-bond acceptors (Lipinski definition) is 5. The highest BCUT2D eigenvalue weighted by molar-refractivity contribution is 5.93.